The van der Waals surface area contributed by atoms with E-state index in [0.717, 1.165) is 45.2 Å². The lowest BCUT2D eigenvalue weighted by Crippen LogP contribution is -2.48. The van der Waals surface area contributed by atoms with Crippen LogP contribution in [0.3, 0.4) is 0 Å². The molecule has 0 aromatic heterocycles. The SMILES string of the molecule is NC1C=CC(C(=O)N2CCC(NC(=O)C3CC3)CC2)C1. The summed E-state index contributed by atoms with van der Waals surface area (Å²) < 4.78 is 0. The van der Waals surface area contributed by atoms with Crippen molar-refractivity contribution in [3.8, 4) is 0 Å². The summed E-state index contributed by atoms with van der Waals surface area (Å²) in [6.07, 6.45) is 8.41. The molecular weight excluding hydrogens is 254 g/mol. The average molecular weight is 277 g/mol. The van der Waals surface area contributed by atoms with E-state index in [1.165, 1.54) is 0 Å². The summed E-state index contributed by atoms with van der Waals surface area (Å²) in [4.78, 5) is 26.0. The van der Waals surface area contributed by atoms with Crippen LogP contribution in [0.5, 0.6) is 0 Å². The molecule has 1 saturated heterocycles. The molecule has 3 rings (SSSR count). The Balaban J connectivity index is 1.44. The molecule has 2 unspecified atom stereocenters. The first kappa shape index (κ1) is 13.6. The molecule has 2 atom stereocenters. The van der Waals surface area contributed by atoms with Gasteiger partial charge in [0.1, 0.15) is 0 Å². The van der Waals surface area contributed by atoms with Gasteiger partial charge in [0, 0.05) is 31.1 Å². The van der Waals surface area contributed by atoms with Crippen molar-refractivity contribution in [2.24, 2.45) is 17.6 Å². The summed E-state index contributed by atoms with van der Waals surface area (Å²) in [6.45, 7) is 1.49. The van der Waals surface area contributed by atoms with E-state index >= 15 is 0 Å². The summed E-state index contributed by atoms with van der Waals surface area (Å²) in [5.41, 5.74) is 5.80. The Hall–Kier alpha value is -1.36. The Morgan fingerprint density at radius 3 is 2.35 bits per heavy atom. The first-order chi connectivity index (χ1) is 9.63. The zero-order valence-corrected chi connectivity index (χ0v) is 11.8. The van der Waals surface area contributed by atoms with E-state index in [1.54, 1.807) is 0 Å². The van der Waals surface area contributed by atoms with Crippen molar-refractivity contribution in [3.63, 3.8) is 0 Å². The summed E-state index contributed by atoms with van der Waals surface area (Å²) in [5, 5.41) is 3.11. The van der Waals surface area contributed by atoms with E-state index in [0.29, 0.717) is 0 Å². The van der Waals surface area contributed by atoms with Crippen molar-refractivity contribution in [2.75, 3.05) is 13.1 Å². The molecule has 2 fully saturated rings. The van der Waals surface area contributed by atoms with Crippen LogP contribution in [0.25, 0.3) is 0 Å². The van der Waals surface area contributed by atoms with E-state index in [9.17, 15) is 9.59 Å². The van der Waals surface area contributed by atoms with Gasteiger partial charge >= 0.3 is 0 Å². The topological polar surface area (TPSA) is 75.4 Å². The molecule has 1 saturated carbocycles. The van der Waals surface area contributed by atoms with Gasteiger partial charge in [-0.15, -0.1) is 0 Å². The molecule has 0 spiro atoms. The van der Waals surface area contributed by atoms with E-state index in [1.807, 2.05) is 17.1 Å². The predicted molar refractivity (Wildman–Crippen MR) is 75.7 cm³/mol. The zero-order chi connectivity index (χ0) is 14.1. The molecule has 3 aliphatic rings. The molecule has 2 amide bonds. The molecule has 1 aliphatic heterocycles. The van der Waals surface area contributed by atoms with Crippen molar-refractivity contribution in [2.45, 2.75) is 44.2 Å². The number of rotatable bonds is 3. The van der Waals surface area contributed by atoms with Gasteiger partial charge in [-0.25, -0.2) is 0 Å². The zero-order valence-electron chi connectivity index (χ0n) is 11.8. The number of hydrogen-bond acceptors (Lipinski definition) is 3. The van der Waals surface area contributed by atoms with Crippen molar-refractivity contribution in [3.05, 3.63) is 12.2 Å². The Morgan fingerprint density at radius 1 is 1.10 bits per heavy atom. The maximum Gasteiger partial charge on any atom is 0.229 e. The number of hydrogen-bond donors (Lipinski definition) is 2. The number of amides is 2. The number of likely N-dealkylation sites (tertiary alicyclic amines) is 1. The van der Waals surface area contributed by atoms with Crippen LogP contribution >= 0.6 is 0 Å². The first-order valence-electron chi connectivity index (χ1n) is 7.66. The minimum Gasteiger partial charge on any atom is -0.353 e. The van der Waals surface area contributed by atoms with E-state index in [-0.39, 0.29) is 35.7 Å². The molecule has 2 aliphatic carbocycles. The van der Waals surface area contributed by atoms with E-state index in [4.69, 9.17) is 5.73 Å². The number of nitrogens with one attached hydrogen (secondary N) is 1. The second kappa shape index (κ2) is 5.56. The van der Waals surface area contributed by atoms with Crippen LogP contribution in [0.15, 0.2) is 12.2 Å². The monoisotopic (exact) mass is 277 g/mol. The van der Waals surface area contributed by atoms with Crippen LogP contribution in [0.2, 0.25) is 0 Å². The van der Waals surface area contributed by atoms with Crippen molar-refractivity contribution in [1.82, 2.24) is 10.2 Å². The van der Waals surface area contributed by atoms with Crippen LogP contribution < -0.4 is 11.1 Å². The summed E-state index contributed by atoms with van der Waals surface area (Å²) in [7, 11) is 0. The molecule has 0 radical (unpaired) electrons. The van der Waals surface area contributed by atoms with Gasteiger partial charge in [0.05, 0.1) is 5.92 Å². The second-order valence-electron chi connectivity index (χ2n) is 6.27. The van der Waals surface area contributed by atoms with Crippen molar-refractivity contribution in [1.29, 1.82) is 0 Å². The van der Waals surface area contributed by atoms with Crippen LogP contribution in [-0.4, -0.2) is 41.9 Å². The number of nitrogens with two attached hydrogens (primary N) is 1. The Kier molecular flexibility index (Phi) is 3.78. The number of nitrogens with zero attached hydrogens (tertiary/aromatic N) is 1. The standard InChI is InChI=1S/C15H23N3O2/c16-12-4-3-11(9-12)15(20)18-7-5-13(6-8-18)17-14(19)10-1-2-10/h3-4,10-13H,1-2,5-9,16H2,(H,17,19). The highest BCUT2D eigenvalue weighted by atomic mass is 16.2. The van der Waals surface area contributed by atoms with Gasteiger partial charge in [-0.05, 0) is 32.1 Å². The number of carbonyl (C=O) groups is 2. The third-order valence-corrected chi connectivity index (χ3v) is 4.54. The predicted octanol–water partition coefficient (Wildman–Crippen LogP) is 0.407. The molecule has 0 aromatic carbocycles. The molecule has 3 N–H and O–H groups in total. The Labute approximate surface area is 119 Å². The lowest BCUT2D eigenvalue weighted by atomic mass is 10.0. The van der Waals surface area contributed by atoms with Crippen molar-refractivity contribution < 1.29 is 9.59 Å². The largest absolute Gasteiger partial charge is 0.353 e. The lowest BCUT2D eigenvalue weighted by molar-refractivity contribution is -0.135. The molecule has 110 valence electrons. The molecule has 5 heteroatoms. The minimum atomic E-state index is -0.0393. The summed E-state index contributed by atoms with van der Waals surface area (Å²) in [6, 6.07) is 0.271. The second-order valence-corrected chi connectivity index (χ2v) is 6.27. The van der Waals surface area contributed by atoms with Gasteiger partial charge in [-0.2, -0.15) is 0 Å². The van der Waals surface area contributed by atoms with Gasteiger partial charge in [0.15, 0.2) is 0 Å². The number of piperidine rings is 1. The highest BCUT2D eigenvalue weighted by Gasteiger charge is 2.33. The molecule has 5 nitrogen and oxygen atoms in total. The summed E-state index contributed by atoms with van der Waals surface area (Å²) >= 11 is 0. The normalized spacial score (nSPS) is 30.6. The van der Waals surface area contributed by atoms with Crippen LogP contribution in [0, 0.1) is 11.8 Å². The van der Waals surface area contributed by atoms with E-state index in [2.05, 4.69) is 5.32 Å². The third-order valence-electron chi connectivity index (χ3n) is 4.54. The maximum atomic E-state index is 12.3. The van der Waals surface area contributed by atoms with Gasteiger partial charge in [-0.1, -0.05) is 12.2 Å². The number of carbonyl (C=O) groups excluding carboxylic acids is 2. The van der Waals surface area contributed by atoms with Crippen LogP contribution in [0.4, 0.5) is 0 Å². The van der Waals surface area contributed by atoms with Gasteiger partial charge in [0.25, 0.3) is 0 Å². The Morgan fingerprint density at radius 2 is 1.80 bits per heavy atom. The fourth-order valence-electron chi connectivity index (χ4n) is 3.05. The van der Waals surface area contributed by atoms with Crippen molar-refractivity contribution >= 4 is 11.8 Å². The molecule has 20 heavy (non-hydrogen) atoms. The highest BCUT2D eigenvalue weighted by Crippen LogP contribution is 2.29. The lowest BCUT2D eigenvalue weighted by Gasteiger charge is -2.33. The molecular formula is C15H23N3O2. The van der Waals surface area contributed by atoms with Crippen LogP contribution in [0.1, 0.15) is 32.1 Å². The van der Waals surface area contributed by atoms with Gasteiger partial charge in [-0.3, -0.25) is 9.59 Å². The smallest absolute Gasteiger partial charge is 0.229 e. The Bertz CT molecular complexity index is 423. The summed E-state index contributed by atoms with van der Waals surface area (Å²) in [5.74, 6) is 0.628. The van der Waals surface area contributed by atoms with E-state index < -0.39 is 0 Å². The fourth-order valence-corrected chi connectivity index (χ4v) is 3.05. The highest BCUT2D eigenvalue weighted by molar-refractivity contribution is 5.82. The average Bonchev–Trinajstić information content (AvgIpc) is 3.21. The van der Waals surface area contributed by atoms with Gasteiger partial charge in [0.2, 0.25) is 11.8 Å². The molecule has 0 bridgehead atoms. The van der Waals surface area contributed by atoms with Crippen LogP contribution in [-0.2, 0) is 9.59 Å². The molecule has 1 heterocycles. The fraction of sp³-hybridized carbons (Fsp3) is 0.733. The maximum absolute atomic E-state index is 12.3. The quantitative estimate of drug-likeness (QED) is 0.734. The molecule has 0 aromatic rings. The minimum absolute atomic E-state index is 0.0271. The van der Waals surface area contributed by atoms with Gasteiger partial charge < -0.3 is 16.0 Å². The third kappa shape index (κ3) is 3.03. The first-order valence-corrected chi connectivity index (χ1v) is 7.66.